The molecule has 100 valence electrons. The van der Waals surface area contributed by atoms with Crippen LogP contribution < -0.4 is 11.0 Å². The smallest absolute Gasteiger partial charge is 0.347 e. The second-order valence-corrected chi connectivity index (χ2v) is 4.36. The molecule has 0 spiro atoms. The zero-order valence-corrected chi connectivity index (χ0v) is 11.1. The maximum absolute atomic E-state index is 11.6. The summed E-state index contributed by atoms with van der Waals surface area (Å²) in [5, 5.41) is 3.15. The van der Waals surface area contributed by atoms with Crippen molar-refractivity contribution in [3.63, 3.8) is 0 Å². The van der Waals surface area contributed by atoms with Crippen LogP contribution in [0, 0.1) is 6.92 Å². The highest BCUT2D eigenvalue weighted by molar-refractivity contribution is 5.30. The Balaban J connectivity index is 2.11. The van der Waals surface area contributed by atoms with Gasteiger partial charge >= 0.3 is 5.69 Å². The Kier molecular flexibility index (Phi) is 4.22. The average Bonchev–Trinajstić information content (AvgIpc) is 2.42. The van der Waals surface area contributed by atoms with E-state index in [1.165, 1.54) is 4.57 Å². The quantitative estimate of drug-likeness (QED) is 0.873. The minimum Gasteiger partial charge on any atom is -0.369 e. The molecule has 1 N–H and O–H groups in total. The van der Waals surface area contributed by atoms with Gasteiger partial charge in [0.2, 0.25) is 0 Å². The predicted molar refractivity (Wildman–Crippen MR) is 73.1 cm³/mol. The zero-order valence-electron chi connectivity index (χ0n) is 11.1. The van der Waals surface area contributed by atoms with Crippen molar-refractivity contribution in [2.45, 2.75) is 26.8 Å². The molecule has 6 heteroatoms. The highest BCUT2D eigenvalue weighted by atomic mass is 16.1. The van der Waals surface area contributed by atoms with Gasteiger partial charge in [0, 0.05) is 18.9 Å². The fourth-order valence-electron chi connectivity index (χ4n) is 1.63. The number of nitrogens with zero attached hydrogens (tertiary/aromatic N) is 4. The largest absolute Gasteiger partial charge is 0.369 e. The molecule has 0 aliphatic carbocycles. The van der Waals surface area contributed by atoms with Crippen LogP contribution >= 0.6 is 0 Å². The van der Waals surface area contributed by atoms with Crippen molar-refractivity contribution in [3.05, 3.63) is 46.5 Å². The number of nitrogens with one attached hydrogen (secondary N) is 1. The highest BCUT2D eigenvalue weighted by Gasteiger charge is 2.01. The summed E-state index contributed by atoms with van der Waals surface area (Å²) in [7, 11) is 0. The Bertz CT molecular complexity index is 591. The van der Waals surface area contributed by atoms with Crippen LogP contribution in [0.5, 0.6) is 0 Å². The van der Waals surface area contributed by atoms with Gasteiger partial charge in [0.05, 0.1) is 24.6 Å². The van der Waals surface area contributed by atoms with E-state index in [-0.39, 0.29) is 5.69 Å². The molecular formula is C13H17N5O. The molecule has 6 nitrogen and oxygen atoms in total. The Morgan fingerprint density at radius 2 is 2.05 bits per heavy atom. The predicted octanol–water partition coefficient (Wildman–Crippen LogP) is 1.21. The molecule has 2 aromatic heterocycles. The third kappa shape index (κ3) is 3.61. The van der Waals surface area contributed by atoms with Crippen molar-refractivity contribution in [2.24, 2.45) is 0 Å². The molecule has 0 fully saturated rings. The minimum absolute atomic E-state index is 0.277. The molecule has 0 aliphatic heterocycles. The topological polar surface area (TPSA) is 72.7 Å². The molecule has 2 aromatic rings. The first-order chi connectivity index (χ1) is 9.19. The molecule has 0 aromatic carbocycles. The van der Waals surface area contributed by atoms with Crippen LogP contribution in [0.15, 0.2) is 29.6 Å². The molecule has 2 rings (SSSR count). The summed E-state index contributed by atoms with van der Waals surface area (Å²) in [6.45, 7) is 5.24. The van der Waals surface area contributed by atoms with E-state index in [1.54, 1.807) is 24.8 Å². The van der Waals surface area contributed by atoms with Crippen LogP contribution in [0.1, 0.15) is 24.6 Å². The lowest BCUT2D eigenvalue weighted by molar-refractivity contribution is 0.702. The van der Waals surface area contributed by atoms with Crippen LogP contribution in [0.4, 0.5) is 5.82 Å². The van der Waals surface area contributed by atoms with Crippen molar-refractivity contribution < 1.29 is 0 Å². The molecule has 0 saturated carbocycles. The molecule has 0 amide bonds. The Hall–Kier alpha value is -2.24. The standard InChI is InChI=1S/C13H17N5O/c1-3-4-14-12-7-15-11(6-16-12)9-18-8-10(2)5-17-13(18)19/h5-8H,3-4,9H2,1-2H3,(H,14,16). The number of rotatable bonds is 5. The van der Waals surface area contributed by atoms with Crippen LogP contribution in [0.3, 0.4) is 0 Å². The van der Waals surface area contributed by atoms with Gasteiger partial charge in [-0.2, -0.15) is 0 Å². The number of aromatic nitrogens is 4. The van der Waals surface area contributed by atoms with E-state index in [9.17, 15) is 4.79 Å². The van der Waals surface area contributed by atoms with Gasteiger partial charge in [0.25, 0.3) is 0 Å². The second-order valence-electron chi connectivity index (χ2n) is 4.36. The molecule has 0 unspecified atom stereocenters. The fraction of sp³-hybridized carbons (Fsp3) is 0.385. The summed E-state index contributed by atoms with van der Waals surface area (Å²) in [6, 6.07) is 0. The maximum Gasteiger partial charge on any atom is 0.347 e. The minimum atomic E-state index is -0.277. The third-order valence-electron chi connectivity index (χ3n) is 2.58. The van der Waals surface area contributed by atoms with Gasteiger partial charge in [-0.3, -0.25) is 9.55 Å². The average molecular weight is 259 g/mol. The molecule has 19 heavy (non-hydrogen) atoms. The monoisotopic (exact) mass is 259 g/mol. The molecule has 0 bridgehead atoms. The lowest BCUT2D eigenvalue weighted by Crippen LogP contribution is -2.23. The summed E-state index contributed by atoms with van der Waals surface area (Å²) in [4.78, 5) is 23.9. The lowest BCUT2D eigenvalue weighted by atomic mass is 10.4. The van der Waals surface area contributed by atoms with Crippen LogP contribution in [0.25, 0.3) is 0 Å². The first-order valence-corrected chi connectivity index (χ1v) is 6.27. The first-order valence-electron chi connectivity index (χ1n) is 6.27. The van der Waals surface area contributed by atoms with Gasteiger partial charge in [-0.15, -0.1) is 0 Å². The maximum atomic E-state index is 11.6. The van der Waals surface area contributed by atoms with E-state index >= 15 is 0 Å². The summed E-state index contributed by atoms with van der Waals surface area (Å²) < 4.78 is 1.53. The summed E-state index contributed by atoms with van der Waals surface area (Å²) in [5.41, 5.74) is 1.39. The van der Waals surface area contributed by atoms with Gasteiger partial charge in [0.15, 0.2) is 0 Å². The molecule has 2 heterocycles. The van der Waals surface area contributed by atoms with Gasteiger partial charge in [0.1, 0.15) is 5.82 Å². The SMILES string of the molecule is CCCNc1cnc(Cn2cc(C)cnc2=O)cn1. The van der Waals surface area contributed by atoms with E-state index < -0.39 is 0 Å². The van der Waals surface area contributed by atoms with Crippen LogP contribution in [-0.4, -0.2) is 26.1 Å². The Morgan fingerprint density at radius 1 is 1.21 bits per heavy atom. The molecule has 0 saturated heterocycles. The van der Waals surface area contributed by atoms with Crippen LogP contribution in [0.2, 0.25) is 0 Å². The lowest BCUT2D eigenvalue weighted by Gasteiger charge is -2.06. The van der Waals surface area contributed by atoms with E-state index in [1.807, 2.05) is 6.92 Å². The summed E-state index contributed by atoms with van der Waals surface area (Å²) in [5.74, 6) is 0.750. The first kappa shape index (κ1) is 13.2. The Morgan fingerprint density at radius 3 is 2.74 bits per heavy atom. The van der Waals surface area contributed by atoms with Crippen molar-refractivity contribution >= 4 is 5.82 Å². The second kappa shape index (κ2) is 6.08. The van der Waals surface area contributed by atoms with E-state index in [2.05, 4.69) is 27.2 Å². The molecule has 0 radical (unpaired) electrons. The number of hydrogen-bond donors (Lipinski definition) is 1. The van der Waals surface area contributed by atoms with Gasteiger partial charge in [-0.05, 0) is 18.9 Å². The fourth-order valence-corrected chi connectivity index (χ4v) is 1.63. The summed E-state index contributed by atoms with van der Waals surface area (Å²) >= 11 is 0. The van der Waals surface area contributed by atoms with Crippen molar-refractivity contribution in [2.75, 3.05) is 11.9 Å². The Labute approximate surface area is 111 Å². The number of aryl methyl sites for hydroxylation is 1. The molecular weight excluding hydrogens is 242 g/mol. The van der Waals surface area contributed by atoms with Gasteiger partial charge in [-0.25, -0.2) is 14.8 Å². The highest BCUT2D eigenvalue weighted by Crippen LogP contribution is 2.02. The third-order valence-corrected chi connectivity index (χ3v) is 2.58. The normalized spacial score (nSPS) is 10.4. The van der Waals surface area contributed by atoms with Gasteiger partial charge in [-0.1, -0.05) is 6.92 Å². The van der Waals surface area contributed by atoms with E-state index in [0.29, 0.717) is 6.54 Å². The van der Waals surface area contributed by atoms with Crippen LogP contribution in [-0.2, 0) is 6.54 Å². The molecule has 0 atom stereocenters. The van der Waals surface area contributed by atoms with E-state index in [0.717, 1.165) is 30.0 Å². The van der Waals surface area contributed by atoms with Gasteiger partial charge < -0.3 is 5.32 Å². The van der Waals surface area contributed by atoms with E-state index in [4.69, 9.17) is 0 Å². The van der Waals surface area contributed by atoms with Crippen molar-refractivity contribution in [1.82, 2.24) is 19.5 Å². The van der Waals surface area contributed by atoms with Crippen molar-refractivity contribution in [3.8, 4) is 0 Å². The zero-order chi connectivity index (χ0) is 13.7. The summed E-state index contributed by atoms with van der Waals surface area (Å²) in [6.07, 6.45) is 7.71. The van der Waals surface area contributed by atoms with Crippen molar-refractivity contribution in [1.29, 1.82) is 0 Å². The number of hydrogen-bond acceptors (Lipinski definition) is 5. The number of anilines is 1. The molecule has 0 aliphatic rings.